The molecule has 0 aliphatic heterocycles. The first-order valence-electron chi connectivity index (χ1n) is 6.37. The van der Waals surface area contributed by atoms with Crippen LogP contribution >= 0.6 is 0 Å². The minimum Gasteiger partial charge on any atom is -0.478 e. The summed E-state index contributed by atoms with van der Waals surface area (Å²) in [5.74, 6) is -1.59. The number of rotatable bonds is 8. The Kier molecular flexibility index (Phi) is 6.48. The van der Waals surface area contributed by atoms with Gasteiger partial charge in [-0.25, -0.2) is 14.6 Å². The van der Waals surface area contributed by atoms with E-state index < -0.39 is 16.9 Å². The average Bonchev–Trinajstić information content (AvgIpc) is 2.49. The molecule has 0 fully saturated rings. The van der Waals surface area contributed by atoms with Crippen LogP contribution in [0.4, 0.5) is 11.5 Å². The number of anilines is 1. The third-order valence-corrected chi connectivity index (χ3v) is 2.59. The van der Waals surface area contributed by atoms with Gasteiger partial charge in [0.05, 0.1) is 11.0 Å². The van der Waals surface area contributed by atoms with Crippen LogP contribution in [0.3, 0.4) is 0 Å². The van der Waals surface area contributed by atoms with E-state index in [9.17, 15) is 19.7 Å². The summed E-state index contributed by atoms with van der Waals surface area (Å²) < 4.78 is 4.89. The van der Waals surface area contributed by atoms with Gasteiger partial charge in [-0.15, -0.1) is 0 Å². The maximum absolute atomic E-state index is 11.2. The fraction of sp³-hybridized carbons (Fsp3) is 0.308. The largest absolute Gasteiger partial charge is 0.478 e. The van der Waals surface area contributed by atoms with Crippen molar-refractivity contribution in [3.63, 3.8) is 0 Å². The molecule has 0 aliphatic rings. The van der Waals surface area contributed by atoms with Gasteiger partial charge >= 0.3 is 11.9 Å². The number of ether oxygens (including phenoxy) is 1. The Hall–Kier alpha value is -2.97. The highest BCUT2D eigenvalue weighted by Crippen LogP contribution is 2.13. The zero-order valence-electron chi connectivity index (χ0n) is 11.8. The number of aliphatic carboxylic acids is 1. The topological polar surface area (TPSA) is 132 Å². The van der Waals surface area contributed by atoms with E-state index in [1.54, 1.807) is 0 Å². The van der Waals surface area contributed by atoms with Crippen LogP contribution in [0.2, 0.25) is 0 Å². The van der Waals surface area contributed by atoms with Crippen LogP contribution in [0.5, 0.6) is 0 Å². The van der Waals surface area contributed by atoms with Gasteiger partial charge in [0.1, 0.15) is 18.6 Å². The Labute approximate surface area is 125 Å². The number of carbonyl (C=O) groups excluding carboxylic acids is 1. The zero-order valence-corrected chi connectivity index (χ0v) is 11.8. The number of carboxylic acids is 1. The number of nitrogens with zero attached hydrogens (tertiary/aromatic N) is 2. The van der Waals surface area contributed by atoms with E-state index in [4.69, 9.17) is 9.84 Å². The summed E-state index contributed by atoms with van der Waals surface area (Å²) in [7, 11) is 0. The van der Waals surface area contributed by atoms with Crippen LogP contribution < -0.4 is 5.32 Å². The molecule has 0 saturated heterocycles. The molecule has 0 aliphatic carbocycles. The Balaban J connectivity index is 2.52. The standard InChI is InChI=1S/C13H15N3O6/c1-2-9(8-22-13(19)6-5-12(17)18)15-11-4-3-10(7-14-11)16(20)21/h3-7,9H,2,8H2,1H3,(H,14,15)(H,17,18)/b6-5+. The van der Waals surface area contributed by atoms with Crippen molar-refractivity contribution in [2.45, 2.75) is 19.4 Å². The normalized spacial score (nSPS) is 11.9. The molecule has 9 nitrogen and oxygen atoms in total. The first kappa shape index (κ1) is 17.1. The summed E-state index contributed by atoms with van der Waals surface area (Å²) in [4.78, 5) is 35.4. The van der Waals surface area contributed by atoms with Gasteiger partial charge in [0.15, 0.2) is 0 Å². The predicted octanol–water partition coefficient (Wildman–Crippen LogP) is 1.36. The van der Waals surface area contributed by atoms with Crippen molar-refractivity contribution >= 4 is 23.4 Å². The van der Waals surface area contributed by atoms with Crippen molar-refractivity contribution in [2.75, 3.05) is 11.9 Å². The second-order valence-corrected chi connectivity index (χ2v) is 4.21. The van der Waals surface area contributed by atoms with Crippen molar-refractivity contribution in [3.8, 4) is 0 Å². The van der Waals surface area contributed by atoms with Crippen LogP contribution in [0.15, 0.2) is 30.5 Å². The van der Waals surface area contributed by atoms with E-state index in [-0.39, 0.29) is 18.3 Å². The monoisotopic (exact) mass is 309 g/mol. The lowest BCUT2D eigenvalue weighted by Gasteiger charge is -2.16. The van der Waals surface area contributed by atoms with Crippen molar-refractivity contribution in [2.24, 2.45) is 0 Å². The predicted molar refractivity (Wildman–Crippen MR) is 76.3 cm³/mol. The van der Waals surface area contributed by atoms with E-state index in [0.717, 1.165) is 12.3 Å². The van der Waals surface area contributed by atoms with E-state index in [0.29, 0.717) is 18.3 Å². The highest BCUT2D eigenvalue weighted by Gasteiger charge is 2.11. The molecule has 0 spiro atoms. The van der Waals surface area contributed by atoms with Gasteiger partial charge in [0.25, 0.3) is 5.69 Å². The first-order valence-corrected chi connectivity index (χ1v) is 6.37. The summed E-state index contributed by atoms with van der Waals surface area (Å²) in [6.07, 6.45) is 3.24. The van der Waals surface area contributed by atoms with Gasteiger partial charge in [0.2, 0.25) is 0 Å². The quantitative estimate of drug-likeness (QED) is 0.318. The van der Waals surface area contributed by atoms with E-state index in [1.807, 2.05) is 6.92 Å². The van der Waals surface area contributed by atoms with Crippen molar-refractivity contribution in [3.05, 3.63) is 40.6 Å². The SMILES string of the molecule is CCC(COC(=O)/C=C/C(=O)O)Nc1ccc([N+](=O)[O-])cn1. The second kappa shape index (κ2) is 8.35. The molecule has 118 valence electrons. The Morgan fingerprint density at radius 2 is 2.23 bits per heavy atom. The van der Waals surface area contributed by atoms with Gasteiger partial charge in [-0.05, 0) is 12.5 Å². The summed E-state index contributed by atoms with van der Waals surface area (Å²) in [5.41, 5.74) is -0.121. The van der Waals surface area contributed by atoms with Gasteiger partial charge < -0.3 is 15.2 Å². The van der Waals surface area contributed by atoms with Crippen molar-refractivity contribution in [1.29, 1.82) is 0 Å². The number of esters is 1. The van der Waals surface area contributed by atoms with Crippen LogP contribution in [0.25, 0.3) is 0 Å². The number of aromatic nitrogens is 1. The number of carbonyl (C=O) groups is 2. The summed E-state index contributed by atoms with van der Waals surface area (Å²) in [6.45, 7) is 1.86. The van der Waals surface area contributed by atoms with Gasteiger partial charge in [-0.2, -0.15) is 0 Å². The fourth-order valence-corrected chi connectivity index (χ4v) is 1.42. The first-order chi connectivity index (χ1) is 10.4. The van der Waals surface area contributed by atoms with Crippen molar-refractivity contribution < 1.29 is 24.4 Å². The zero-order chi connectivity index (χ0) is 16.5. The second-order valence-electron chi connectivity index (χ2n) is 4.21. The van der Waals surface area contributed by atoms with Gasteiger partial charge in [0, 0.05) is 18.2 Å². The van der Waals surface area contributed by atoms with Crippen LogP contribution in [0, 0.1) is 10.1 Å². The molecule has 9 heteroatoms. The lowest BCUT2D eigenvalue weighted by atomic mass is 10.2. The third kappa shape index (κ3) is 5.99. The van der Waals surface area contributed by atoms with Crippen LogP contribution in [0.1, 0.15) is 13.3 Å². The fourth-order valence-electron chi connectivity index (χ4n) is 1.42. The number of carboxylic acid groups (broad SMARTS) is 1. The van der Waals surface area contributed by atoms with Gasteiger partial charge in [-0.3, -0.25) is 10.1 Å². The highest BCUT2D eigenvalue weighted by atomic mass is 16.6. The molecule has 0 aromatic carbocycles. The summed E-state index contributed by atoms with van der Waals surface area (Å²) >= 11 is 0. The van der Waals surface area contributed by atoms with E-state index in [2.05, 4.69) is 10.3 Å². The minimum atomic E-state index is -1.24. The molecule has 0 saturated carbocycles. The molecule has 2 N–H and O–H groups in total. The van der Waals surface area contributed by atoms with E-state index in [1.165, 1.54) is 12.1 Å². The molecular formula is C13H15N3O6. The molecule has 0 amide bonds. The summed E-state index contributed by atoms with van der Waals surface area (Å²) in [5, 5.41) is 21.9. The maximum atomic E-state index is 11.2. The summed E-state index contributed by atoms with van der Waals surface area (Å²) in [6, 6.07) is 2.51. The van der Waals surface area contributed by atoms with Crippen LogP contribution in [-0.2, 0) is 14.3 Å². The number of nitro groups is 1. The lowest BCUT2D eigenvalue weighted by molar-refractivity contribution is -0.385. The molecule has 0 radical (unpaired) electrons. The molecule has 22 heavy (non-hydrogen) atoms. The maximum Gasteiger partial charge on any atom is 0.331 e. The Morgan fingerprint density at radius 3 is 2.73 bits per heavy atom. The molecule has 1 rings (SSSR count). The molecular weight excluding hydrogens is 294 g/mol. The number of hydrogen-bond donors (Lipinski definition) is 2. The van der Waals surface area contributed by atoms with Gasteiger partial charge in [-0.1, -0.05) is 6.92 Å². The molecule has 1 unspecified atom stereocenters. The lowest BCUT2D eigenvalue weighted by Crippen LogP contribution is -2.26. The third-order valence-electron chi connectivity index (χ3n) is 2.59. The number of nitrogens with one attached hydrogen (secondary N) is 1. The number of hydrogen-bond acceptors (Lipinski definition) is 7. The van der Waals surface area contributed by atoms with Crippen LogP contribution in [-0.4, -0.2) is 39.6 Å². The highest BCUT2D eigenvalue weighted by molar-refractivity contribution is 5.90. The molecule has 1 heterocycles. The van der Waals surface area contributed by atoms with E-state index >= 15 is 0 Å². The molecule has 1 aromatic heterocycles. The Bertz CT molecular complexity index is 570. The number of pyridine rings is 1. The average molecular weight is 309 g/mol. The molecule has 1 atom stereocenters. The molecule has 0 bridgehead atoms. The minimum absolute atomic E-state index is 0.0119. The van der Waals surface area contributed by atoms with Crippen molar-refractivity contribution in [1.82, 2.24) is 4.98 Å². The smallest absolute Gasteiger partial charge is 0.331 e. The molecule has 1 aromatic rings. The Morgan fingerprint density at radius 1 is 1.50 bits per heavy atom.